The molecule has 43 heavy (non-hydrogen) atoms. The quantitative estimate of drug-likeness (QED) is 0.198. The van der Waals surface area contributed by atoms with Gasteiger partial charge in [-0.15, -0.1) is 0 Å². The molecule has 10 heteroatoms. The van der Waals surface area contributed by atoms with Crippen molar-refractivity contribution in [3.05, 3.63) is 130 Å². The van der Waals surface area contributed by atoms with Crippen molar-refractivity contribution in [3.63, 3.8) is 0 Å². The number of nitrogens with zero attached hydrogens (tertiary/aromatic N) is 2. The molecule has 1 atom stereocenters. The van der Waals surface area contributed by atoms with E-state index in [9.17, 15) is 18.0 Å². The minimum Gasteiger partial charge on any atom is -0.355 e. The van der Waals surface area contributed by atoms with E-state index < -0.39 is 28.5 Å². The minimum absolute atomic E-state index is 0.0109. The van der Waals surface area contributed by atoms with Gasteiger partial charge in [-0.25, -0.2) is 8.42 Å². The predicted octanol–water partition coefficient (Wildman–Crippen LogP) is 6.27. The maximum atomic E-state index is 14.4. The Morgan fingerprint density at radius 2 is 1.49 bits per heavy atom. The molecule has 1 unspecified atom stereocenters. The number of para-hydroxylation sites is 1. The highest BCUT2D eigenvalue weighted by molar-refractivity contribution is 7.92. The molecule has 4 rings (SSSR count). The Kier molecular flexibility index (Phi) is 10.9. The lowest BCUT2D eigenvalue weighted by Crippen LogP contribution is -2.53. The number of hydrogen-bond donors (Lipinski definition) is 1. The van der Waals surface area contributed by atoms with Crippen LogP contribution in [0.1, 0.15) is 23.6 Å². The van der Waals surface area contributed by atoms with Gasteiger partial charge in [0.2, 0.25) is 11.8 Å². The van der Waals surface area contributed by atoms with Gasteiger partial charge >= 0.3 is 0 Å². The number of amides is 2. The van der Waals surface area contributed by atoms with Crippen molar-refractivity contribution in [3.8, 4) is 0 Å². The van der Waals surface area contributed by atoms with Gasteiger partial charge in [0.15, 0.2) is 0 Å². The fraction of sp³-hybridized carbons (Fsp3) is 0.212. The number of likely N-dealkylation sites (N-methyl/N-ethyl adjacent to an activating group) is 1. The monoisotopic (exact) mass is 637 g/mol. The molecule has 0 radical (unpaired) electrons. The van der Waals surface area contributed by atoms with Gasteiger partial charge < -0.3 is 10.2 Å². The van der Waals surface area contributed by atoms with Crippen molar-refractivity contribution in [1.82, 2.24) is 10.2 Å². The van der Waals surface area contributed by atoms with Crippen LogP contribution in [0.15, 0.2) is 108 Å². The van der Waals surface area contributed by atoms with Gasteiger partial charge in [0.25, 0.3) is 10.0 Å². The van der Waals surface area contributed by atoms with Gasteiger partial charge in [0.1, 0.15) is 12.6 Å². The zero-order chi connectivity index (χ0) is 31.0. The molecule has 0 aliphatic heterocycles. The molecular formula is C33H33Cl2N3O4S. The highest BCUT2D eigenvalue weighted by atomic mass is 35.5. The number of nitrogens with one attached hydrogen (secondary N) is 1. The molecule has 0 spiro atoms. The SMILES string of the molecule is CCNC(=O)C(Cc1ccccc1)N(Cc1cccc(Cl)c1)C(=O)CN(c1ccccc1Cl)S(=O)(=O)c1ccc(C)cc1. The smallest absolute Gasteiger partial charge is 0.264 e. The highest BCUT2D eigenvalue weighted by Gasteiger charge is 2.35. The van der Waals surface area contributed by atoms with Crippen molar-refractivity contribution in [2.75, 3.05) is 17.4 Å². The molecule has 7 nitrogen and oxygen atoms in total. The van der Waals surface area contributed by atoms with Crippen LogP contribution in [0.5, 0.6) is 0 Å². The van der Waals surface area contributed by atoms with Crippen LogP contribution in [0.25, 0.3) is 0 Å². The van der Waals surface area contributed by atoms with Crippen molar-refractivity contribution < 1.29 is 18.0 Å². The van der Waals surface area contributed by atoms with E-state index in [1.807, 2.05) is 37.3 Å². The van der Waals surface area contributed by atoms with Gasteiger partial charge in [0.05, 0.1) is 15.6 Å². The first-order valence-corrected chi connectivity index (χ1v) is 16.0. The number of hydrogen-bond acceptors (Lipinski definition) is 4. The molecule has 0 saturated heterocycles. The lowest BCUT2D eigenvalue weighted by molar-refractivity contribution is -0.140. The molecule has 0 aromatic heterocycles. The average Bonchev–Trinajstić information content (AvgIpc) is 2.99. The Bertz CT molecular complexity index is 1670. The molecule has 4 aromatic rings. The van der Waals surface area contributed by atoms with Gasteiger partial charge in [-0.05, 0) is 61.4 Å². The molecule has 0 saturated carbocycles. The third kappa shape index (κ3) is 8.16. The lowest BCUT2D eigenvalue weighted by atomic mass is 10.0. The number of aryl methyl sites for hydroxylation is 1. The van der Waals surface area contributed by atoms with Crippen LogP contribution in [-0.2, 0) is 32.6 Å². The Hall–Kier alpha value is -3.85. The first kappa shape index (κ1) is 32.1. The molecule has 4 aromatic carbocycles. The van der Waals surface area contributed by atoms with Crippen LogP contribution in [-0.4, -0.2) is 44.3 Å². The Morgan fingerprint density at radius 3 is 2.14 bits per heavy atom. The molecule has 0 heterocycles. The van der Waals surface area contributed by atoms with E-state index in [0.717, 1.165) is 15.4 Å². The van der Waals surface area contributed by atoms with Crippen LogP contribution in [0, 0.1) is 6.92 Å². The number of carbonyl (C=O) groups excluding carboxylic acids is 2. The van der Waals surface area contributed by atoms with Crippen molar-refractivity contribution in [2.45, 2.75) is 37.8 Å². The van der Waals surface area contributed by atoms with E-state index in [-0.39, 0.29) is 34.5 Å². The van der Waals surface area contributed by atoms with Crippen LogP contribution in [0.3, 0.4) is 0 Å². The fourth-order valence-corrected chi connectivity index (χ4v) is 6.62. The Morgan fingerprint density at radius 1 is 0.837 bits per heavy atom. The summed E-state index contributed by atoms with van der Waals surface area (Å²) in [4.78, 5) is 29.3. The number of sulfonamides is 1. The second-order valence-electron chi connectivity index (χ2n) is 10.0. The normalized spacial score (nSPS) is 11.9. The highest BCUT2D eigenvalue weighted by Crippen LogP contribution is 2.31. The third-order valence-electron chi connectivity index (χ3n) is 6.87. The van der Waals surface area contributed by atoms with E-state index in [2.05, 4.69) is 5.32 Å². The van der Waals surface area contributed by atoms with Crippen LogP contribution in [0.4, 0.5) is 5.69 Å². The summed E-state index contributed by atoms with van der Waals surface area (Å²) in [6.45, 7) is 3.44. The molecule has 2 amide bonds. The number of rotatable bonds is 12. The number of benzene rings is 4. The van der Waals surface area contributed by atoms with Crippen LogP contribution < -0.4 is 9.62 Å². The number of carbonyl (C=O) groups is 2. The molecule has 224 valence electrons. The largest absolute Gasteiger partial charge is 0.355 e. The summed E-state index contributed by atoms with van der Waals surface area (Å²) in [6, 6.07) is 28.2. The zero-order valence-electron chi connectivity index (χ0n) is 23.9. The summed E-state index contributed by atoms with van der Waals surface area (Å²) in [6.07, 6.45) is 0.218. The van der Waals surface area contributed by atoms with Crippen molar-refractivity contribution in [1.29, 1.82) is 0 Å². The Balaban J connectivity index is 1.80. The first-order valence-electron chi connectivity index (χ1n) is 13.8. The standard InChI is InChI=1S/C33H33Cl2N3O4S/c1-3-36-33(40)31(21-25-10-5-4-6-11-25)37(22-26-12-9-13-27(34)20-26)32(39)23-38(30-15-8-7-14-29(30)35)43(41,42)28-18-16-24(2)17-19-28/h4-20,31H,3,21-23H2,1-2H3,(H,36,40). The van der Waals surface area contributed by atoms with Crippen molar-refractivity contribution >= 4 is 50.7 Å². The first-order chi connectivity index (χ1) is 20.6. The average molecular weight is 639 g/mol. The lowest BCUT2D eigenvalue weighted by Gasteiger charge is -2.34. The van der Waals surface area contributed by atoms with Gasteiger partial charge in [-0.2, -0.15) is 0 Å². The number of halogens is 2. The molecular weight excluding hydrogens is 605 g/mol. The van der Waals surface area contributed by atoms with Gasteiger partial charge in [0, 0.05) is 24.5 Å². The predicted molar refractivity (Wildman–Crippen MR) is 172 cm³/mol. The summed E-state index contributed by atoms with van der Waals surface area (Å²) in [5.41, 5.74) is 2.57. The molecule has 0 aliphatic rings. The summed E-state index contributed by atoms with van der Waals surface area (Å²) in [5, 5.41) is 3.48. The van der Waals surface area contributed by atoms with Gasteiger partial charge in [-0.1, -0.05) is 95.5 Å². The van der Waals surface area contributed by atoms with Crippen LogP contribution in [0.2, 0.25) is 10.0 Å². The van der Waals surface area contributed by atoms with E-state index >= 15 is 0 Å². The van der Waals surface area contributed by atoms with Crippen LogP contribution >= 0.6 is 23.2 Å². The minimum atomic E-state index is -4.24. The van der Waals surface area contributed by atoms with E-state index in [1.54, 1.807) is 67.6 Å². The summed E-state index contributed by atoms with van der Waals surface area (Å²) in [5.74, 6) is -0.935. The van der Waals surface area contributed by atoms with E-state index in [1.165, 1.54) is 17.0 Å². The van der Waals surface area contributed by atoms with E-state index in [0.29, 0.717) is 17.1 Å². The summed E-state index contributed by atoms with van der Waals surface area (Å²) < 4.78 is 29.1. The van der Waals surface area contributed by atoms with Crippen molar-refractivity contribution in [2.24, 2.45) is 0 Å². The molecule has 1 N–H and O–H groups in total. The maximum Gasteiger partial charge on any atom is 0.264 e. The van der Waals surface area contributed by atoms with E-state index in [4.69, 9.17) is 23.2 Å². The van der Waals surface area contributed by atoms with Gasteiger partial charge in [-0.3, -0.25) is 13.9 Å². The topological polar surface area (TPSA) is 86.8 Å². The molecule has 0 fully saturated rings. The third-order valence-corrected chi connectivity index (χ3v) is 9.20. The number of anilines is 1. The molecule has 0 aliphatic carbocycles. The second kappa shape index (κ2) is 14.6. The zero-order valence-corrected chi connectivity index (χ0v) is 26.2. The fourth-order valence-electron chi connectivity index (χ4n) is 4.68. The Labute approximate surface area is 263 Å². The maximum absolute atomic E-state index is 14.4. The molecule has 0 bridgehead atoms. The summed E-state index contributed by atoms with van der Waals surface area (Å²) in [7, 11) is -4.24. The summed E-state index contributed by atoms with van der Waals surface area (Å²) >= 11 is 12.8. The second-order valence-corrected chi connectivity index (χ2v) is 12.7.